The third kappa shape index (κ3) is 7.89. The van der Waals surface area contributed by atoms with Crippen molar-refractivity contribution in [3.05, 3.63) is 59.1 Å². The summed E-state index contributed by atoms with van der Waals surface area (Å²) in [6, 6.07) is 14.2. The monoisotopic (exact) mass is 608 g/mol. The van der Waals surface area contributed by atoms with Crippen molar-refractivity contribution < 1.29 is 17.6 Å². The minimum Gasteiger partial charge on any atom is -0.488 e. The van der Waals surface area contributed by atoms with Crippen LogP contribution in [0.5, 0.6) is 5.75 Å². The Labute approximate surface area is 249 Å². The van der Waals surface area contributed by atoms with Gasteiger partial charge in [0, 0.05) is 24.7 Å². The van der Waals surface area contributed by atoms with E-state index >= 15 is 0 Å². The molecule has 1 fully saturated rings. The number of benzene rings is 2. The van der Waals surface area contributed by atoms with Crippen molar-refractivity contribution in [3.63, 3.8) is 0 Å². The molecule has 3 rings (SSSR count). The largest absolute Gasteiger partial charge is 0.488 e. The smallest absolute Gasteiger partial charge is 0.243 e. The summed E-state index contributed by atoms with van der Waals surface area (Å²) in [5.41, 5.74) is 2.36. The highest BCUT2D eigenvalue weighted by Crippen LogP contribution is 2.43. The van der Waals surface area contributed by atoms with Crippen molar-refractivity contribution in [2.24, 2.45) is 5.92 Å². The van der Waals surface area contributed by atoms with Crippen molar-refractivity contribution in [1.29, 1.82) is 0 Å². The van der Waals surface area contributed by atoms with Gasteiger partial charge in [-0.25, -0.2) is 8.42 Å². The number of piperidine rings is 1. The average Bonchev–Trinajstić information content (AvgIpc) is 2.88. The number of sulfonamides is 1. The predicted octanol–water partition coefficient (Wildman–Crippen LogP) is 7.49. The van der Waals surface area contributed by atoms with Gasteiger partial charge in [-0.3, -0.25) is 0 Å². The fraction of sp³-hybridized carbons (Fsp3) is 0.613. The summed E-state index contributed by atoms with van der Waals surface area (Å²) in [4.78, 5) is 0.262. The minimum absolute atomic E-state index is 0.0445. The van der Waals surface area contributed by atoms with E-state index in [1.165, 1.54) is 0 Å². The molecule has 0 amide bonds. The Kier molecular flexibility index (Phi) is 11.7. The highest BCUT2D eigenvalue weighted by molar-refractivity contribution is 7.89. The van der Waals surface area contributed by atoms with Gasteiger partial charge in [-0.1, -0.05) is 79.1 Å². The molecule has 2 aromatic carbocycles. The van der Waals surface area contributed by atoms with Gasteiger partial charge < -0.3 is 14.5 Å². The number of halogens is 1. The van der Waals surface area contributed by atoms with Gasteiger partial charge in [-0.2, -0.15) is 4.31 Å². The molecule has 0 unspecified atom stereocenters. The van der Waals surface area contributed by atoms with E-state index in [4.69, 9.17) is 20.8 Å². The summed E-state index contributed by atoms with van der Waals surface area (Å²) in [5, 5.41) is 4.12. The molecule has 1 aliphatic rings. The van der Waals surface area contributed by atoms with Gasteiger partial charge in [-0.05, 0) is 77.5 Å². The maximum absolute atomic E-state index is 13.7. The number of hydrogen-bond acceptors (Lipinski definition) is 5. The van der Waals surface area contributed by atoms with Gasteiger partial charge in [0.1, 0.15) is 11.9 Å². The third-order valence-electron chi connectivity index (χ3n) is 8.02. The molecule has 9 heteroatoms. The second-order valence-electron chi connectivity index (χ2n) is 12.4. The molecule has 0 aromatic heterocycles. The molecule has 224 valence electrons. The van der Waals surface area contributed by atoms with E-state index in [-0.39, 0.29) is 29.6 Å². The zero-order valence-corrected chi connectivity index (χ0v) is 28.1. The van der Waals surface area contributed by atoms with Crippen LogP contribution in [0.1, 0.15) is 67.4 Å². The van der Waals surface area contributed by atoms with E-state index in [1.54, 1.807) is 40.7 Å². The first-order valence-corrected chi connectivity index (χ1v) is 18.6. The lowest BCUT2D eigenvalue weighted by molar-refractivity contribution is 0.0214. The molecule has 1 aliphatic heterocycles. The minimum atomic E-state index is -3.70. The van der Waals surface area contributed by atoms with Gasteiger partial charge in [0.25, 0.3) is 0 Å². The van der Waals surface area contributed by atoms with Gasteiger partial charge in [0.15, 0.2) is 0 Å². The van der Waals surface area contributed by atoms with Crippen LogP contribution in [0.2, 0.25) is 21.6 Å². The van der Waals surface area contributed by atoms with Gasteiger partial charge in [0.2, 0.25) is 18.3 Å². The number of ether oxygens (including phenoxy) is 1. The van der Waals surface area contributed by atoms with Gasteiger partial charge in [0.05, 0.1) is 11.0 Å². The lowest BCUT2D eigenvalue weighted by atomic mass is 10.1. The van der Waals surface area contributed by atoms with Gasteiger partial charge >= 0.3 is 0 Å². The number of rotatable bonds is 13. The normalized spacial score (nSPS) is 18.9. The van der Waals surface area contributed by atoms with Crippen LogP contribution >= 0.6 is 11.6 Å². The molecule has 0 bridgehead atoms. The third-order valence-corrected chi connectivity index (χ3v) is 16.2. The maximum Gasteiger partial charge on any atom is 0.243 e. The quantitative estimate of drug-likeness (QED) is 0.239. The van der Waals surface area contributed by atoms with Crippen molar-refractivity contribution in [3.8, 4) is 5.75 Å². The number of nitrogens with zero attached hydrogens (tertiary/aromatic N) is 1. The molecule has 1 N–H and O–H groups in total. The van der Waals surface area contributed by atoms with E-state index < -0.39 is 18.3 Å². The molecular weight excluding hydrogens is 560 g/mol. The molecule has 6 nitrogen and oxygen atoms in total. The van der Waals surface area contributed by atoms with Crippen LogP contribution in [0, 0.1) is 5.92 Å². The first-order chi connectivity index (χ1) is 18.8. The molecule has 40 heavy (non-hydrogen) atoms. The summed E-state index contributed by atoms with van der Waals surface area (Å²) in [5.74, 6) is 0.846. The summed E-state index contributed by atoms with van der Waals surface area (Å²) in [6.07, 6.45) is 0.707. The molecular formula is C31H49ClN2O4SSi. The Hall–Kier alpha value is -1.42. The second kappa shape index (κ2) is 14.2. The number of hydrogen-bond donors (Lipinski definition) is 1. The summed E-state index contributed by atoms with van der Waals surface area (Å²) in [6.45, 7) is 20.2. The van der Waals surface area contributed by atoms with Crippen molar-refractivity contribution in [1.82, 2.24) is 9.62 Å². The molecule has 1 saturated heterocycles. The Morgan fingerprint density at radius 3 is 2.00 bits per heavy atom. The summed E-state index contributed by atoms with van der Waals surface area (Å²) in [7, 11) is -5.78. The van der Waals surface area contributed by atoms with Crippen LogP contribution in [-0.2, 0) is 21.0 Å². The zero-order valence-electron chi connectivity index (χ0n) is 25.5. The van der Waals surface area contributed by atoms with E-state index in [0.29, 0.717) is 33.9 Å². The maximum atomic E-state index is 13.7. The van der Waals surface area contributed by atoms with Crippen molar-refractivity contribution in [2.75, 3.05) is 19.6 Å². The Bertz CT molecular complexity index is 1150. The van der Waals surface area contributed by atoms with Crippen LogP contribution in [-0.4, -0.2) is 52.9 Å². The SMILES string of the molecule is CC(C)CN(Cc1ccc(Cl)cc1)S(=O)(=O)c1ccc(O[C@H]2CCNC[C@@H]2O[Si](C(C)C)(C(C)C)C(C)C)cc1. The van der Waals surface area contributed by atoms with E-state index in [2.05, 4.69) is 46.9 Å². The molecule has 0 spiro atoms. The number of nitrogens with one attached hydrogen (secondary N) is 1. The lowest BCUT2D eigenvalue weighted by Gasteiger charge is -2.47. The molecule has 0 radical (unpaired) electrons. The Morgan fingerprint density at radius 2 is 1.48 bits per heavy atom. The van der Waals surface area contributed by atoms with Crippen LogP contribution in [0.3, 0.4) is 0 Å². The average molecular weight is 609 g/mol. The van der Waals surface area contributed by atoms with E-state index in [1.807, 2.05) is 26.0 Å². The lowest BCUT2D eigenvalue weighted by Crippen LogP contribution is -2.57. The highest BCUT2D eigenvalue weighted by atomic mass is 35.5. The van der Waals surface area contributed by atoms with E-state index in [0.717, 1.165) is 25.1 Å². The molecule has 0 aliphatic carbocycles. The first kappa shape index (κ1) is 33.1. The van der Waals surface area contributed by atoms with E-state index in [9.17, 15) is 8.42 Å². The summed E-state index contributed by atoms with van der Waals surface area (Å²) >= 11 is 6.03. The fourth-order valence-corrected chi connectivity index (χ4v) is 13.5. The van der Waals surface area contributed by atoms with Crippen LogP contribution < -0.4 is 10.1 Å². The predicted molar refractivity (Wildman–Crippen MR) is 168 cm³/mol. The Balaban J connectivity index is 1.79. The van der Waals surface area contributed by atoms with Crippen molar-refractivity contribution >= 4 is 29.9 Å². The zero-order chi connectivity index (χ0) is 29.7. The Morgan fingerprint density at radius 1 is 0.900 bits per heavy atom. The second-order valence-corrected chi connectivity index (χ2v) is 20.2. The molecule has 2 aromatic rings. The highest BCUT2D eigenvalue weighted by Gasteiger charge is 2.48. The van der Waals surface area contributed by atoms with Crippen LogP contribution in [0.4, 0.5) is 0 Å². The fourth-order valence-electron chi connectivity index (χ4n) is 6.19. The topological polar surface area (TPSA) is 67.9 Å². The summed E-state index contributed by atoms with van der Waals surface area (Å²) < 4.78 is 42.5. The standard InChI is InChI=1S/C31H49ClN2O4SSi/c1-22(2)20-34(21-26-9-11-27(32)12-10-26)39(35,36)29-15-13-28(14-16-29)37-30-17-18-33-19-31(30)38-40(23(3)4,24(5)6)25(7)8/h9-16,22-25,30-31,33H,17-21H2,1-8H3/t30-,31-/m0/s1. The molecule has 2 atom stereocenters. The first-order valence-electron chi connectivity index (χ1n) is 14.7. The molecule has 1 heterocycles. The van der Waals surface area contributed by atoms with Crippen molar-refractivity contribution in [2.45, 2.75) is 102 Å². The van der Waals surface area contributed by atoms with Gasteiger partial charge in [-0.15, -0.1) is 0 Å². The van der Waals surface area contributed by atoms with Crippen LogP contribution in [0.25, 0.3) is 0 Å². The van der Waals surface area contributed by atoms with Crippen LogP contribution in [0.15, 0.2) is 53.4 Å². The molecule has 0 saturated carbocycles.